The number of amides is 1. The molecule has 104 valence electrons. The van der Waals surface area contributed by atoms with Crippen molar-refractivity contribution in [3.8, 4) is 0 Å². The maximum absolute atomic E-state index is 12.1. The van der Waals surface area contributed by atoms with E-state index in [2.05, 4.69) is 12.2 Å². The molecule has 0 bridgehead atoms. The average molecular weight is 254 g/mol. The van der Waals surface area contributed by atoms with E-state index in [1.807, 2.05) is 4.90 Å². The van der Waals surface area contributed by atoms with Crippen LogP contribution in [0.3, 0.4) is 0 Å². The van der Waals surface area contributed by atoms with E-state index >= 15 is 0 Å². The molecule has 1 aliphatic heterocycles. The molecule has 0 atom stereocenters. The predicted octanol–water partition coefficient (Wildman–Crippen LogP) is 1.40. The van der Waals surface area contributed by atoms with Crippen molar-refractivity contribution in [1.29, 1.82) is 0 Å². The Bertz CT molecular complexity index is 261. The number of piperidine rings is 1. The first-order chi connectivity index (χ1) is 8.79. The number of rotatable bonds is 6. The highest BCUT2D eigenvalue weighted by Gasteiger charge is 2.23. The van der Waals surface area contributed by atoms with Crippen molar-refractivity contribution in [2.24, 2.45) is 5.92 Å². The van der Waals surface area contributed by atoms with E-state index in [4.69, 9.17) is 4.74 Å². The molecule has 1 saturated heterocycles. The SMILES string of the molecule is CCN(CC1CCC1)C(=O)COC1CCNCC1. The van der Waals surface area contributed by atoms with Gasteiger partial charge in [0.25, 0.3) is 0 Å². The van der Waals surface area contributed by atoms with Crippen LogP contribution in [0.15, 0.2) is 0 Å². The van der Waals surface area contributed by atoms with E-state index in [-0.39, 0.29) is 18.6 Å². The minimum absolute atomic E-state index is 0.169. The molecular weight excluding hydrogens is 228 g/mol. The molecule has 18 heavy (non-hydrogen) atoms. The van der Waals surface area contributed by atoms with Crippen molar-refractivity contribution in [1.82, 2.24) is 10.2 Å². The van der Waals surface area contributed by atoms with E-state index in [1.165, 1.54) is 19.3 Å². The lowest BCUT2D eigenvalue weighted by molar-refractivity contribution is -0.139. The Morgan fingerprint density at radius 2 is 2.00 bits per heavy atom. The zero-order valence-electron chi connectivity index (χ0n) is 11.5. The van der Waals surface area contributed by atoms with Gasteiger partial charge in [-0.25, -0.2) is 0 Å². The van der Waals surface area contributed by atoms with Crippen LogP contribution in [0, 0.1) is 5.92 Å². The molecule has 0 aromatic rings. The molecule has 0 radical (unpaired) electrons. The van der Waals surface area contributed by atoms with Crippen LogP contribution in [-0.2, 0) is 9.53 Å². The third-order valence-electron chi connectivity index (χ3n) is 4.17. The lowest BCUT2D eigenvalue weighted by Crippen LogP contribution is -2.41. The number of carbonyl (C=O) groups excluding carboxylic acids is 1. The van der Waals surface area contributed by atoms with Gasteiger partial charge in [-0.15, -0.1) is 0 Å². The highest BCUT2D eigenvalue weighted by Crippen LogP contribution is 2.27. The van der Waals surface area contributed by atoms with Gasteiger partial charge in [-0.1, -0.05) is 6.42 Å². The van der Waals surface area contributed by atoms with Gasteiger partial charge >= 0.3 is 0 Å². The molecule has 1 aliphatic carbocycles. The zero-order valence-corrected chi connectivity index (χ0v) is 11.5. The molecule has 1 N–H and O–H groups in total. The van der Waals surface area contributed by atoms with Crippen LogP contribution in [0.1, 0.15) is 39.0 Å². The van der Waals surface area contributed by atoms with Crippen molar-refractivity contribution in [2.75, 3.05) is 32.8 Å². The Morgan fingerprint density at radius 3 is 2.56 bits per heavy atom. The lowest BCUT2D eigenvalue weighted by Gasteiger charge is -2.32. The number of nitrogens with zero attached hydrogens (tertiary/aromatic N) is 1. The Labute approximate surface area is 110 Å². The standard InChI is InChI=1S/C14H26N2O2/c1-2-16(10-12-4-3-5-12)14(17)11-18-13-6-8-15-9-7-13/h12-13,15H,2-11H2,1H3. The molecule has 1 saturated carbocycles. The van der Waals surface area contributed by atoms with Crippen LogP contribution in [-0.4, -0.2) is 49.7 Å². The van der Waals surface area contributed by atoms with Crippen LogP contribution < -0.4 is 5.32 Å². The topological polar surface area (TPSA) is 41.6 Å². The Kier molecular flexibility index (Phi) is 5.45. The number of hydrogen-bond acceptors (Lipinski definition) is 3. The molecule has 4 nitrogen and oxygen atoms in total. The monoisotopic (exact) mass is 254 g/mol. The predicted molar refractivity (Wildman–Crippen MR) is 71.4 cm³/mol. The normalized spacial score (nSPS) is 21.6. The summed E-state index contributed by atoms with van der Waals surface area (Å²) >= 11 is 0. The first kappa shape index (κ1) is 13.8. The maximum Gasteiger partial charge on any atom is 0.248 e. The second kappa shape index (κ2) is 7.10. The second-order valence-electron chi connectivity index (χ2n) is 5.49. The van der Waals surface area contributed by atoms with Crippen LogP contribution in [0.4, 0.5) is 0 Å². The third kappa shape index (κ3) is 3.95. The minimum atomic E-state index is 0.169. The zero-order chi connectivity index (χ0) is 12.8. The Balaban J connectivity index is 1.67. The van der Waals surface area contributed by atoms with E-state index in [0.29, 0.717) is 0 Å². The summed E-state index contributed by atoms with van der Waals surface area (Å²) in [6.07, 6.45) is 6.25. The van der Waals surface area contributed by atoms with Crippen LogP contribution in [0.5, 0.6) is 0 Å². The molecule has 0 aromatic carbocycles. The van der Waals surface area contributed by atoms with Gasteiger partial charge in [-0.3, -0.25) is 4.79 Å². The van der Waals surface area contributed by atoms with Gasteiger partial charge in [0.05, 0.1) is 6.10 Å². The smallest absolute Gasteiger partial charge is 0.248 e. The van der Waals surface area contributed by atoms with Gasteiger partial charge in [-0.05, 0) is 51.6 Å². The molecule has 4 heteroatoms. The molecule has 2 fully saturated rings. The minimum Gasteiger partial charge on any atom is -0.368 e. The molecule has 1 heterocycles. The van der Waals surface area contributed by atoms with Crippen molar-refractivity contribution in [3.05, 3.63) is 0 Å². The van der Waals surface area contributed by atoms with Crippen molar-refractivity contribution < 1.29 is 9.53 Å². The van der Waals surface area contributed by atoms with Crippen LogP contribution in [0.25, 0.3) is 0 Å². The molecule has 0 spiro atoms. The number of nitrogens with one attached hydrogen (secondary N) is 1. The molecule has 0 unspecified atom stereocenters. The van der Waals surface area contributed by atoms with Crippen LogP contribution in [0.2, 0.25) is 0 Å². The summed E-state index contributed by atoms with van der Waals surface area (Å²) in [7, 11) is 0. The van der Waals surface area contributed by atoms with E-state index in [0.717, 1.165) is 44.9 Å². The lowest BCUT2D eigenvalue weighted by atomic mass is 9.85. The van der Waals surface area contributed by atoms with Gasteiger partial charge in [0, 0.05) is 13.1 Å². The fourth-order valence-corrected chi connectivity index (χ4v) is 2.64. The van der Waals surface area contributed by atoms with Crippen molar-refractivity contribution in [2.45, 2.75) is 45.1 Å². The molecule has 0 aromatic heterocycles. The van der Waals surface area contributed by atoms with E-state index < -0.39 is 0 Å². The summed E-state index contributed by atoms with van der Waals surface area (Å²) in [6.45, 7) is 6.10. The number of ether oxygens (including phenoxy) is 1. The Morgan fingerprint density at radius 1 is 1.28 bits per heavy atom. The van der Waals surface area contributed by atoms with E-state index in [9.17, 15) is 4.79 Å². The number of likely N-dealkylation sites (N-methyl/N-ethyl adjacent to an activating group) is 1. The van der Waals surface area contributed by atoms with E-state index in [1.54, 1.807) is 0 Å². The molecule has 2 rings (SSSR count). The highest BCUT2D eigenvalue weighted by molar-refractivity contribution is 5.77. The first-order valence-corrected chi connectivity index (χ1v) is 7.39. The van der Waals surface area contributed by atoms with Gasteiger partial charge in [0.1, 0.15) is 6.61 Å². The highest BCUT2D eigenvalue weighted by atomic mass is 16.5. The molecular formula is C14H26N2O2. The summed E-state index contributed by atoms with van der Waals surface area (Å²) in [5.41, 5.74) is 0. The summed E-state index contributed by atoms with van der Waals surface area (Å²) < 4.78 is 5.73. The maximum atomic E-state index is 12.1. The number of hydrogen-bond donors (Lipinski definition) is 1. The summed E-state index contributed by atoms with van der Waals surface area (Å²) in [5, 5.41) is 3.30. The van der Waals surface area contributed by atoms with Crippen molar-refractivity contribution >= 4 is 5.91 Å². The first-order valence-electron chi connectivity index (χ1n) is 7.39. The Hall–Kier alpha value is -0.610. The molecule has 1 amide bonds. The fraction of sp³-hybridized carbons (Fsp3) is 0.929. The van der Waals surface area contributed by atoms with Gasteiger partial charge in [-0.2, -0.15) is 0 Å². The molecule has 2 aliphatic rings. The number of carbonyl (C=O) groups is 1. The summed E-state index contributed by atoms with van der Waals surface area (Å²) in [5.74, 6) is 0.913. The summed E-state index contributed by atoms with van der Waals surface area (Å²) in [4.78, 5) is 14.0. The van der Waals surface area contributed by atoms with Crippen LogP contribution >= 0.6 is 0 Å². The van der Waals surface area contributed by atoms with Crippen molar-refractivity contribution in [3.63, 3.8) is 0 Å². The van der Waals surface area contributed by atoms with Gasteiger partial charge in [0.2, 0.25) is 5.91 Å². The second-order valence-corrected chi connectivity index (χ2v) is 5.49. The average Bonchev–Trinajstić information content (AvgIpc) is 2.36. The fourth-order valence-electron chi connectivity index (χ4n) is 2.64. The largest absolute Gasteiger partial charge is 0.368 e. The summed E-state index contributed by atoms with van der Waals surface area (Å²) in [6, 6.07) is 0. The third-order valence-corrected chi connectivity index (χ3v) is 4.17. The van der Waals surface area contributed by atoms with Gasteiger partial charge < -0.3 is 15.0 Å². The van der Waals surface area contributed by atoms with Gasteiger partial charge in [0.15, 0.2) is 0 Å². The quantitative estimate of drug-likeness (QED) is 0.779.